The number of anilines is 1. The molecule has 9 heteroatoms. The van der Waals surface area contributed by atoms with Crippen LogP contribution in [-0.2, 0) is 4.74 Å². The van der Waals surface area contributed by atoms with Crippen molar-refractivity contribution < 1.29 is 9.53 Å². The molecular weight excluding hydrogens is 521 g/mol. The highest BCUT2D eigenvalue weighted by Gasteiger charge is 2.22. The van der Waals surface area contributed by atoms with Gasteiger partial charge in [0.05, 0.1) is 23.4 Å². The Morgan fingerprint density at radius 3 is 2.65 bits per heavy atom. The summed E-state index contributed by atoms with van der Waals surface area (Å²) in [5, 5.41) is 1.41. The summed E-state index contributed by atoms with van der Waals surface area (Å²) < 4.78 is 7.41. The predicted octanol–water partition coefficient (Wildman–Crippen LogP) is 5.81. The summed E-state index contributed by atoms with van der Waals surface area (Å²) in [5.74, 6) is -0.0349. The van der Waals surface area contributed by atoms with Crippen LogP contribution in [0, 0.1) is 6.92 Å². The Kier molecular flexibility index (Phi) is 8.73. The van der Waals surface area contributed by atoms with E-state index >= 15 is 0 Å². The molecule has 1 saturated heterocycles. The topological polar surface area (TPSA) is 45.7 Å². The zero-order valence-corrected chi connectivity index (χ0v) is 21.1. The van der Waals surface area contributed by atoms with Crippen molar-refractivity contribution in [3.05, 3.63) is 57.0 Å². The van der Waals surface area contributed by atoms with Crippen molar-refractivity contribution in [3.63, 3.8) is 0 Å². The van der Waals surface area contributed by atoms with E-state index < -0.39 is 0 Å². The number of carbonyl (C=O) groups is 1. The smallest absolute Gasteiger partial charge is 0.260 e. The first-order valence-electron chi connectivity index (χ1n) is 9.96. The highest BCUT2D eigenvalue weighted by molar-refractivity contribution is 9.10. The maximum absolute atomic E-state index is 13.4. The van der Waals surface area contributed by atoms with Gasteiger partial charge in [0.2, 0.25) is 0 Å². The molecule has 0 bridgehead atoms. The van der Waals surface area contributed by atoms with Crippen LogP contribution in [0.2, 0.25) is 5.02 Å². The second kappa shape index (κ2) is 11.1. The molecule has 1 amide bonds. The lowest BCUT2D eigenvalue weighted by Gasteiger charge is -2.27. The van der Waals surface area contributed by atoms with Gasteiger partial charge in [-0.25, -0.2) is 4.98 Å². The van der Waals surface area contributed by atoms with E-state index in [0.717, 1.165) is 59.5 Å². The molecule has 0 saturated carbocycles. The molecule has 0 N–H and O–H groups in total. The predicted molar refractivity (Wildman–Crippen MR) is 134 cm³/mol. The first kappa shape index (κ1) is 24.4. The number of hydrogen-bond acceptors (Lipinski definition) is 5. The average molecular weight is 545 g/mol. The van der Waals surface area contributed by atoms with E-state index in [0.29, 0.717) is 22.3 Å². The second-order valence-corrected chi connectivity index (χ2v) is 9.62. The summed E-state index contributed by atoms with van der Waals surface area (Å²) in [4.78, 5) is 22.4. The fourth-order valence-corrected chi connectivity index (χ4v) is 4.98. The molecule has 0 radical (unpaired) electrons. The molecule has 2 aromatic carbocycles. The third-order valence-electron chi connectivity index (χ3n) is 5.26. The third kappa shape index (κ3) is 5.78. The normalized spacial score (nSPS) is 14.4. The Hall–Kier alpha value is -1.22. The fraction of sp³-hybridized carbons (Fsp3) is 0.364. The largest absolute Gasteiger partial charge is 0.379 e. The summed E-state index contributed by atoms with van der Waals surface area (Å²) in [6, 6.07) is 11.3. The molecule has 1 aromatic heterocycles. The van der Waals surface area contributed by atoms with Crippen LogP contribution in [0.1, 0.15) is 22.3 Å². The number of rotatable bonds is 6. The molecule has 0 unspecified atom stereocenters. The van der Waals surface area contributed by atoms with Gasteiger partial charge in [-0.2, -0.15) is 0 Å². The van der Waals surface area contributed by atoms with Crippen molar-refractivity contribution in [1.29, 1.82) is 0 Å². The zero-order valence-electron chi connectivity index (χ0n) is 17.1. The number of carbonyl (C=O) groups excluding carboxylic acids is 1. The van der Waals surface area contributed by atoms with Crippen LogP contribution in [-0.4, -0.2) is 55.2 Å². The van der Waals surface area contributed by atoms with Crippen LogP contribution in [0.5, 0.6) is 0 Å². The summed E-state index contributed by atoms with van der Waals surface area (Å²) in [6.45, 7) is 6.95. The van der Waals surface area contributed by atoms with E-state index in [-0.39, 0.29) is 18.3 Å². The first-order valence-corrected chi connectivity index (χ1v) is 11.9. The summed E-state index contributed by atoms with van der Waals surface area (Å²) in [7, 11) is 0. The van der Waals surface area contributed by atoms with Gasteiger partial charge < -0.3 is 4.74 Å². The monoisotopic (exact) mass is 543 g/mol. The van der Waals surface area contributed by atoms with Gasteiger partial charge in [0.1, 0.15) is 0 Å². The number of amides is 1. The third-order valence-corrected chi connectivity index (χ3v) is 7.25. The molecule has 166 valence electrons. The maximum atomic E-state index is 13.4. The number of aryl methyl sites for hydroxylation is 1. The molecule has 2 heterocycles. The highest BCUT2D eigenvalue weighted by atomic mass is 79.9. The van der Waals surface area contributed by atoms with Gasteiger partial charge in [0, 0.05) is 41.2 Å². The first-order chi connectivity index (χ1) is 14.5. The standard InChI is InChI=1S/C22H23BrClN3O2S.ClH/c1-15-18(24)7-8-19-20(15)25-22(30-19)27(10-2-9-26-11-13-29-14-12-26)21(28)16-3-5-17(23)6-4-16;/h3-8H,2,9-14H2,1H3;1H. The van der Waals surface area contributed by atoms with E-state index in [2.05, 4.69) is 20.8 Å². The second-order valence-electron chi connectivity index (χ2n) is 7.29. The summed E-state index contributed by atoms with van der Waals surface area (Å²) >= 11 is 11.3. The number of fused-ring (bicyclic) bond motifs is 1. The quantitative estimate of drug-likeness (QED) is 0.392. The van der Waals surface area contributed by atoms with Gasteiger partial charge >= 0.3 is 0 Å². The van der Waals surface area contributed by atoms with Crippen molar-refractivity contribution in [3.8, 4) is 0 Å². The van der Waals surface area contributed by atoms with E-state index in [1.807, 2.05) is 48.2 Å². The van der Waals surface area contributed by atoms with Crippen LogP contribution in [0.25, 0.3) is 10.2 Å². The van der Waals surface area contributed by atoms with Gasteiger partial charge in [-0.1, -0.05) is 38.9 Å². The van der Waals surface area contributed by atoms with Crippen LogP contribution >= 0.6 is 51.3 Å². The number of ether oxygens (including phenoxy) is 1. The molecule has 1 fully saturated rings. The number of halogens is 3. The minimum Gasteiger partial charge on any atom is -0.379 e. The van der Waals surface area contributed by atoms with E-state index in [9.17, 15) is 4.79 Å². The van der Waals surface area contributed by atoms with Gasteiger partial charge in [-0.3, -0.25) is 14.6 Å². The molecule has 0 aliphatic carbocycles. The number of hydrogen-bond donors (Lipinski definition) is 0. The molecule has 0 atom stereocenters. The zero-order chi connectivity index (χ0) is 21.1. The lowest BCUT2D eigenvalue weighted by atomic mass is 10.2. The number of nitrogens with zero attached hydrogens (tertiary/aromatic N) is 3. The molecule has 31 heavy (non-hydrogen) atoms. The molecular formula is C22H24BrCl2N3O2S. The van der Waals surface area contributed by atoms with E-state index in [1.165, 1.54) is 11.3 Å². The van der Waals surface area contributed by atoms with Crippen molar-refractivity contribution in [2.45, 2.75) is 13.3 Å². The maximum Gasteiger partial charge on any atom is 0.260 e. The van der Waals surface area contributed by atoms with Crippen molar-refractivity contribution in [1.82, 2.24) is 9.88 Å². The van der Waals surface area contributed by atoms with Gasteiger partial charge in [-0.05, 0) is 55.3 Å². The summed E-state index contributed by atoms with van der Waals surface area (Å²) in [6.07, 6.45) is 0.873. The number of thiazole rings is 1. The molecule has 1 aliphatic heterocycles. The Labute approximate surface area is 205 Å². The molecule has 3 aromatic rings. The van der Waals surface area contributed by atoms with Gasteiger partial charge in [0.15, 0.2) is 5.13 Å². The number of benzene rings is 2. The Bertz CT molecular complexity index is 1040. The Balaban J connectivity index is 0.00000272. The fourth-order valence-electron chi connectivity index (χ4n) is 3.51. The van der Waals surface area contributed by atoms with Crippen LogP contribution < -0.4 is 4.90 Å². The van der Waals surface area contributed by atoms with Gasteiger partial charge in [0.25, 0.3) is 5.91 Å². The van der Waals surface area contributed by atoms with E-state index in [4.69, 9.17) is 21.3 Å². The Morgan fingerprint density at radius 1 is 1.23 bits per heavy atom. The van der Waals surface area contributed by atoms with Crippen molar-refractivity contribution >= 4 is 72.5 Å². The summed E-state index contributed by atoms with van der Waals surface area (Å²) in [5.41, 5.74) is 2.46. The average Bonchev–Trinajstić information content (AvgIpc) is 3.19. The molecule has 5 nitrogen and oxygen atoms in total. The Morgan fingerprint density at radius 2 is 1.94 bits per heavy atom. The molecule has 4 rings (SSSR count). The number of aromatic nitrogens is 1. The highest BCUT2D eigenvalue weighted by Crippen LogP contribution is 2.34. The molecule has 1 aliphatic rings. The molecule has 0 spiro atoms. The lowest BCUT2D eigenvalue weighted by Crippen LogP contribution is -2.39. The lowest BCUT2D eigenvalue weighted by molar-refractivity contribution is 0.0376. The SMILES string of the molecule is Cc1c(Cl)ccc2sc(N(CCCN3CCOCC3)C(=O)c3ccc(Br)cc3)nc12.Cl. The van der Waals surface area contributed by atoms with Crippen molar-refractivity contribution in [2.75, 3.05) is 44.3 Å². The van der Waals surface area contributed by atoms with Crippen molar-refractivity contribution in [2.24, 2.45) is 0 Å². The van der Waals surface area contributed by atoms with E-state index in [1.54, 1.807) is 0 Å². The van der Waals surface area contributed by atoms with Crippen LogP contribution in [0.4, 0.5) is 5.13 Å². The van der Waals surface area contributed by atoms with Gasteiger partial charge in [-0.15, -0.1) is 12.4 Å². The van der Waals surface area contributed by atoms with Crippen LogP contribution in [0.15, 0.2) is 40.9 Å². The van der Waals surface area contributed by atoms with Crippen LogP contribution in [0.3, 0.4) is 0 Å². The minimum atomic E-state index is -0.0349. The number of morpholine rings is 1. The minimum absolute atomic E-state index is 0.